The van der Waals surface area contributed by atoms with Crippen molar-refractivity contribution in [3.63, 3.8) is 0 Å². The summed E-state index contributed by atoms with van der Waals surface area (Å²) in [4.78, 5) is 0. The first kappa shape index (κ1) is 22.5. The van der Waals surface area contributed by atoms with E-state index in [1.165, 1.54) is 12.4 Å². The molecule has 0 radical (unpaired) electrons. The Kier molecular flexibility index (Phi) is 9.31. The zero-order valence-electron chi connectivity index (χ0n) is 14.1. The maximum atomic E-state index is 8.51. The fraction of sp³-hybridized carbons (Fsp3) is 0.118. The van der Waals surface area contributed by atoms with Crippen molar-refractivity contribution < 1.29 is 58.0 Å². The van der Waals surface area contributed by atoms with E-state index in [4.69, 9.17) is 14.9 Å². The maximum absolute atomic E-state index is 8.51. The minimum absolute atomic E-state index is 0. The van der Waals surface area contributed by atoms with Gasteiger partial charge in [-0.3, -0.25) is 0 Å². The number of aromatic nitrogens is 3. The Morgan fingerprint density at radius 2 is 1.33 bits per heavy atom. The van der Waals surface area contributed by atoms with Gasteiger partial charge in [0.25, 0.3) is 0 Å². The van der Waals surface area contributed by atoms with E-state index in [1.807, 2.05) is 64.3 Å². The normalized spacial score (nSPS) is 10.7. The largest absolute Gasteiger partial charge is 1.00 e. The summed E-state index contributed by atoms with van der Waals surface area (Å²) in [5, 5.41) is 27.1. The molecule has 0 saturated heterocycles. The first-order chi connectivity index (χ1) is 12.3. The SMILES string of the molecule is O/N=C/c1cc[n+](Cc2cc(C[n+]3ccc(/C=N/O)cc3)on2)cc1.[Br-].[Br-]. The predicted octanol–water partition coefficient (Wildman–Crippen LogP) is -5.03. The van der Waals surface area contributed by atoms with Gasteiger partial charge in [-0.15, -0.1) is 0 Å². The molecular weight excluding hydrogens is 482 g/mol. The average Bonchev–Trinajstić information content (AvgIpc) is 3.06. The highest BCUT2D eigenvalue weighted by molar-refractivity contribution is 5.78. The molecule has 3 rings (SSSR count). The van der Waals surface area contributed by atoms with Gasteiger partial charge in [0.05, 0.1) is 12.4 Å². The molecule has 0 aliphatic carbocycles. The first-order valence-corrected chi connectivity index (χ1v) is 7.54. The summed E-state index contributed by atoms with van der Waals surface area (Å²) in [6.45, 7) is 1.14. The highest BCUT2D eigenvalue weighted by Crippen LogP contribution is 2.03. The summed E-state index contributed by atoms with van der Waals surface area (Å²) < 4.78 is 9.27. The second-order valence-corrected chi connectivity index (χ2v) is 5.38. The Morgan fingerprint density at radius 3 is 1.81 bits per heavy atom. The minimum Gasteiger partial charge on any atom is -1.00 e. The molecule has 3 heterocycles. The Hall–Kier alpha value is -2.59. The molecule has 0 unspecified atom stereocenters. The monoisotopic (exact) mass is 497 g/mol. The molecule has 27 heavy (non-hydrogen) atoms. The fourth-order valence-corrected chi connectivity index (χ4v) is 2.33. The molecule has 0 bridgehead atoms. The van der Waals surface area contributed by atoms with Gasteiger partial charge in [-0.25, -0.2) is 0 Å². The average molecular weight is 499 g/mol. The molecule has 0 aromatic carbocycles. The Labute approximate surface area is 176 Å². The molecule has 3 aromatic heterocycles. The second-order valence-electron chi connectivity index (χ2n) is 5.38. The van der Waals surface area contributed by atoms with Crippen molar-refractivity contribution in [2.75, 3.05) is 0 Å². The summed E-state index contributed by atoms with van der Waals surface area (Å²) in [6.07, 6.45) is 10.2. The maximum Gasteiger partial charge on any atom is 0.208 e. The van der Waals surface area contributed by atoms with Crippen LogP contribution in [0.1, 0.15) is 22.6 Å². The molecule has 0 fully saturated rings. The smallest absolute Gasteiger partial charge is 0.208 e. The van der Waals surface area contributed by atoms with Crippen LogP contribution >= 0.6 is 0 Å². The summed E-state index contributed by atoms with van der Waals surface area (Å²) in [5.41, 5.74) is 2.43. The van der Waals surface area contributed by atoms with Crippen LogP contribution in [0.3, 0.4) is 0 Å². The lowest BCUT2D eigenvalue weighted by molar-refractivity contribution is -0.690. The van der Waals surface area contributed by atoms with Gasteiger partial charge in [-0.1, -0.05) is 15.5 Å². The molecule has 0 aliphatic rings. The van der Waals surface area contributed by atoms with Crippen molar-refractivity contribution in [2.24, 2.45) is 10.3 Å². The van der Waals surface area contributed by atoms with E-state index in [0.717, 1.165) is 22.6 Å². The molecule has 0 saturated carbocycles. The summed E-state index contributed by atoms with van der Waals surface area (Å²) in [6, 6.07) is 9.27. The Bertz CT molecular complexity index is 808. The van der Waals surface area contributed by atoms with Crippen LogP contribution in [0.25, 0.3) is 0 Å². The highest BCUT2D eigenvalue weighted by Gasteiger charge is 2.12. The molecule has 142 valence electrons. The number of halogens is 2. The Balaban J connectivity index is 0.00000182. The molecule has 2 N–H and O–H groups in total. The van der Waals surface area contributed by atoms with Crippen molar-refractivity contribution >= 4 is 12.4 Å². The van der Waals surface area contributed by atoms with Crippen LogP contribution in [0.2, 0.25) is 0 Å². The van der Waals surface area contributed by atoms with Crippen molar-refractivity contribution in [2.45, 2.75) is 13.1 Å². The molecular formula is C17H17Br2N5O3. The van der Waals surface area contributed by atoms with Gasteiger partial charge in [0.1, 0.15) is 5.69 Å². The van der Waals surface area contributed by atoms with Crippen LogP contribution in [0.5, 0.6) is 0 Å². The quantitative estimate of drug-likeness (QED) is 0.154. The zero-order chi connectivity index (χ0) is 17.5. The third kappa shape index (κ3) is 6.57. The lowest BCUT2D eigenvalue weighted by Gasteiger charge is -1.94. The number of oxime groups is 2. The lowest BCUT2D eigenvalue weighted by Crippen LogP contribution is -3.00. The molecule has 0 spiro atoms. The molecule has 0 aliphatic heterocycles. The third-order valence-electron chi connectivity index (χ3n) is 3.54. The van der Waals surface area contributed by atoms with Gasteiger partial charge in [0.2, 0.25) is 12.3 Å². The summed E-state index contributed by atoms with van der Waals surface area (Å²) in [7, 11) is 0. The summed E-state index contributed by atoms with van der Waals surface area (Å²) in [5.74, 6) is 0.744. The van der Waals surface area contributed by atoms with E-state index in [-0.39, 0.29) is 34.0 Å². The van der Waals surface area contributed by atoms with Gasteiger partial charge in [-0.05, 0) is 0 Å². The summed E-state index contributed by atoms with van der Waals surface area (Å²) >= 11 is 0. The van der Waals surface area contributed by atoms with Gasteiger partial charge in [0.15, 0.2) is 31.3 Å². The van der Waals surface area contributed by atoms with Gasteiger partial charge < -0.3 is 48.9 Å². The van der Waals surface area contributed by atoms with E-state index in [9.17, 15) is 0 Å². The van der Waals surface area contributed by atoms with E-state index in [1.54, 1.807) is 0 Å². The van der Waals surface area contributed by atoms with Crippen molar-refractivity contribution in [3.8, 4) is 0 Å². The number of nitrogens with zero attached hydrogens (tertiary/aromatic N) is 5. The Morgan fingerprint density at radius 1 is 0.852 bits per heavy atom. The van der Waals surface area contributed by atoms with E-state index >= 15 is 0 Å². The van der Waals surface area contributed by atoms with Crippen LogP contribution in [0.15, 0.2) is 70.0 Å². The van der Waals surface area contributed by atoms with Crippen LogP contribution in [-0.4, -0.2) is 28.0 Å². The standard InChI is InChI=1S/C17H15N5O3.2BrH/c23-18-10-14-1-5-21(6-2-14)12-16-9-17(25-20-16)13-22-7-3-15(4-8-22)11-19-24;;/h1-11H,12-13H2;2*1H. The molecule has 0 amide bonds. The van der Waals surface area contributed by atoms with Crippen molar-refractivity contribution in [1.82, 2.24) is 5.16 Å². The van der Waals surface area contributed by atoms with E-state index in [0.29, 0.717) is 13.1 Å². The van der Waals surface area contributed by atoms with Crippen LogP contribution < -0.4 is 43.1 Å². The van der Waals surface area contributed by atoms with Crippen molar-refractivity contribution in [3.05, 3.63) is 77.7 Å². The van der Waals surface area contributed by atoms with Gasteiger partial charge >= 0.3 is 0 Å². The molecule has 0 atom stereocenters. The van der Waals surface area contributed by atoms with Crippen LogP contribution in [0.4, 0.5) is 0 Å². The predicted molar refractivity (Wildman–Crippen MR) is 86.7 cm³/mol. The van der Waals surface area contributed by atoms with Crippen LogP contribution in [0, 0.1) is 0 Å². The number of hydrogen-bond acceptors (Lipinski definition) is 6. The molecule has 10 heteroatoms. The topological polar surface area (TPSA) is 99.0 Å². The number of hydrogen-bond donors (Lipinski definition) is 2. The minimum atomic E-state index is 0. The highest BCUT2D eigenvalue weighted by atomic mass is 79.9. The van der Waals surface area contributed by atoms with E-state index < -0.39 is 0 Å². The van der Waals surface area contributed by atoms with Gasteiger partial charge in [0, 0.05) is 41.5 Å². The number of rotatable bonds is 6. The van der Waals surface area contributed by atoms with Gasteiger partial charge in [-0.2, -0.15) is 9.13 Å². The fourth-order valence-electron chi connectivity index (χ4n) is 2.33. The van der Waals surface area contributed by atoms with Crippen molar-refractivity contribution in [1.29, 1.82) is 0 Å². The number of pyridine rings is 2. The molecule has 3 aromatic rings. The second kappa shape index (κ2) is 11.2. The van der Waals surface area contributed by atoms with Crippen LogP contribution in [-0.2, 0) is 13.1 Å². The first-order valence-electron chi connectivity index (χ1n) is 7.54. The lowest BCUT2D eigenvalue weighted by atomic mass is 10.3. The third-order valence-corrected chi connectivity index (χ3v) is 3.54. The zero-order valence-corrected chi connectivity index (χ0v) is 17.2. The molecule has 8 nitrogen and oxygen atoms in total. The van der Waals surface area contributed by atoms with E-state index in [2.05, 4.69) is 15.5 Å².